The number of nitrogens with one attached hydrogen (secondary N) is 1. The first-order valence-corrected chi connectivity index (χ1v) is 7.29. The van der Waals surface area contributed by atoms with E-state index in [0.29, 0.717) is 18.9 Å². The molecule has 0 aliphatic carbocycles. The molecule has 1 aromatic carbocycles. The quantitative estimate of drug-likeness (QED) is 0.750. The predicted octanol–water partition coefficient (Wildman–Crippen LogP) is 0.925. The number of rotatable bonds is 7. The highest BCUT2D eigenvalue weighted by atomic mass is 32.2. The minimum Gasteiger partial charge on any atom is -0.491 e. The van der Waals surface area contributed by atoms with Gasteiger partial charge in [0.15, 0.2) is 0 Å². The largest absolute Gasteiger partial charge is 0.491 e. The molecule has 1 aromatic rings. The van der Waals surface area contributed by atoms with E-state index < -0.39 is 10.0 Å². The van der Waals surface area contributed by atoms with Crippen molar-refractivity contribution in [3.8, 4) is 5.75 Å². The molecule has 0 fully saturated rings. The Morgan fingerprint density at radius 3 is 2.56 bits per heavy atom. The van der Waals surface area contributed by atoms with Gasteiger partial charge >= 0.3 is 0 Å². The van der Waals surface area contributed by atoms with Crippen molar-refractivity contribution in [2.24, 2.45) is 0 Å². The molecule has 0 unspecified atom stereocenters. The molecular formula is C12H20N2O3S. The van der Waals surface area contributed by atoms with Crippen molar-refractivity contribution < 1.29 is 13.2 Å². The first kappa shape index (κ1) is 14.9. The third-order valence-corrected chi connectivity index (χ3v) is 4.25. The minimum atomic E-state index is -3.46. The Kier molecular flexibility index (Phi) is 5.58. The highest BCUT2D eigenvalue weighted by Crippen LogP contribution is 2.25. The molecule has 0 spiro atoms. The highest BCUT2D eigenvalue weighted by Gasteiger charge is 2.21. The smallest absolute Gasteiger partial charge is 0.246 e. The molecule has 5 nitrogen and oxygen atoms in total. The van der Waals surface area contributed by atoms with E-state index in [2.05, 4.69) is 5.32 Å². The molecule has 18 heavy (non-hydrogen) atoms. The fraction of sp³-hybridized carbons (Fsp3) is 0.500. The number of hydrogen-bond donors (Lipinski definition) is 1. The van der Waals surface area contributed by atoms with Crippen LogP contribution < -0.4 is 10.1 Å². The van der Waals surface area contributed by atoms with Gasteiger partial charge in [-0.2, -0.15) is 0 Å². The standard InChI is InChI=1S/C12H20N2O3S/c1-4-13-9-10-17-11-7-5-6-8-12(11)18(15,16)14(2)3/h5-8,13H,4,9-10H2,1-3H3. The van der Waals surface area contributed by atoms with Crippen LogP contribution in [0.25, 0.3) is 0 Å². The van der Waals surface area contributed by atoms with E-state index in [-0.39, 0.29) is 4.90 Å². The van der Waals surface area contributed by atoms with E-state index in [4.69, 9.17) is 4.74 Å². The van der Waals surface area contributed by atoms with E-state index in [0.717, 1.165) is 6.54 Å². The van der Waals surface area contributed by atoms with Crippen molar-refractivity contribution in [2.45, 2.75) is 11.8 Å². The first-order chi connectivity index (χ1) is 8.50. The number of likely N-dealkylation sites (N-methyl/N-ethyl adjacent to an activating group) is 1. The van der Waals surface area contributed by atoms with E-state index >= 15 is 0 Å². The first-order valence-electron chi connectivity index (χ1n) is 5.85. The van der Waals surface area contributed by atoms with Crippen LogP contribution in [0.3, 0.4) is 0 Å². The molecule has 0 aliphatic rings. The summed E-state index contributed by atoms with van der Waals surface area (Å²) in [5.41, 5.74) is 0. The van der Waals surface area contributed by atoms with Gasteiger partial charge in [0.25, 0.3) is 0 Å². The molecule has 0 heterocycles. The van der Waals surface area contributed by atoms with E-state index in [1.165, 1.54) is 18.4 Å². The molecule has 0 saturated heterocycles. The Labute approximate surface area is 109 Å². The summed E-state index contributed by atoms with van der Waals surface area (Å²) in [6.07, 6.45) is 0. The third kappa shape index (κ3) is 3.69. The normalized spacial score (nSPS) is 11.8. The van der Waals surface area contributed by atoms with Crippen molar-refractivity contribution in [1.82, 2.24) is 9.62 Å². The van der Waals surface area contributed by atoms with Gasteiger partial charge in [0, 0.05) is 20.6 Å². The molecule has 0 aliphatic heterocycles. The fourth-order valence-corrected chi connectivity index (χ4v) is 2.41. The predicted molar refractivity (Wildman–Crippen MR) is 71.4 cm³/mol. The second-order valence-corrected chi connectivity index (χ2v) is 6.06. The SMILES string of the molecule is CCNCCOc1ccccc1S(=O)(=O)N(C)C. The van der Waals surface area contributed by atoms with Gasteiger partial charge in [0.05, 0.1) is 0 Å². The van der Waals surface area contributed by atoms with Gasteiger partial charge in [-0.25, -0.2) is 12.7 Å². The summed E-state index contributed by atoms with van der Waals surface area (Å²) in [6, 6.07) is 6.67. The summed E-state index contributed by atoms with van der Waals surface area (Å²) >= 11 is 0. The van der Waals surface area contributed by atoms with Gasteiger partial charge < -0.3 is 10.1 Å². The second-order valence-electron chi connectivity index (χ2n) is 3.94. The van der Waals surface area contributed by atoms with E-state index in [1.54, 1.807) is 24.3 Å². The molecule has 0 amide bonds. The number of hydrogen-bond acceptors (Lipinski definition) is 4. The Bertz CT molecular complexity index is 472. The van der Waals surface area contributed by atoms with Crippen LogP contribution in [0.2, 0.25) is 0 Å². The summed E-state index contributed by atoms with van der Waals surface area (Å²) < 4.78 is 30.8. The molecule has 6 heteroatoms. The zero-order valence-corrected chi connectivity index (χ0v) is 11.8. The molecule has 1 N–H and O–H groups in total. The number of benzene rings is 1. The monoisotopic (exact) mass is 272 g/mol. The van der Waals surface area contributed by atoms with Gasteiger partial charge in [-0.1, -0.05) is 19.1 Å². The van der Waals surface area contributed by atoms with Crippen LogP contribution in [-0.4, -0.2) is 46.5 Å². The highest BCUT2D eigenvalue weighted by molar-refractivity contribution is 7.89. The molecule has 0 atom stereocenters. The fourth-order valence-electron chi connectivity index (χ4n) is 1.39. The Balaban J connectivity index is 2.87. The lowest BCUT2D eigenvalue weighted by Crippen LogP contribution is -2.24. The summed E-state index contributed by atoms with van der Waals surface area (Å²) in [6.45, 7) is 3.99. The van der Waals surface area contributed by atoms with Crippen LogP contribution in [0, 0.1) is 0 Å². The van der Waals surface area contributed by atoms with Crippen LogP contribution in [-0.2, 0) is 10.0 Å². The maximum Gasteiger partial charge on any atom is 0.246 e. The average Bonchev–Trinajstić information content (AvgIpc) is 2.35. The molecule has 1 rings (SSSR count). The van der Waals surface area contributed by atoms with Crippen LogP contribution in [0.1, 0.15) is 6.92 Å². The van der Waals surface area contributed by atoms with Gasteiger partial charge in [-0.3, -0.25) is 0 Å². The van der Waals surface area contributed by atoms with Crippen LogP contribution >= 0.6 is 0 Å². The van der Waals surface area contributed by atoms with Gasteiger partial charge in [0.2, 0.25) is 10.0 Å². The molecule has 0 radical (unpaired) electrons. The summed E-state index contributed by atoms with van der Waals surface area (Å²) in [7, 11) is -0.453. The third-order valence-electron chi connectivity index (χ3n) is 2.39. The molecular weight excluding hydrogens is 252 g/mol. The topological polar surface area (TPSA) is 58.6 Å². The van der Waals surface area contributed by atoms with Crippen LogP contribution in [0.5, 0.6) is 5.75 Å². The van der Waals surface area contributed by atoms with Crippen molar-refractivity contribution in [1.29, 1.82) is 0 Å². The van der Waals surface area contributed by atoms with Crippen LogP contribution in [0.15, 0.2) is 29.2 Å². The Morgan fingerprint density at radius 2 is 1.94 bits per heavy atom. The maximum absolute atomic E-state index is 12.1. The molecule has 0 saturated carbocycles. The van der Waals surface area contributed by atoms with E-state index in [9.17, 15) is 8.42 Å². The number of para-hydroxylation sites is 1. The molecule has 102 valence electrons. The lowest BCUT2D eigenvalue weighted by Gasteiger charge is -2.15. The second kappa shape index (κ2) is 6.72. The molecule has 0 bridgehead atoms. The van der Waals surface area contributed by atoms with Gasteiger partial charge in [-0.15, -0.1) is 0 Å². The maximum atomic E-state index is 12.1. The lowest BCUT2D eigenvalue weighted by atomic mass is 10.3. The Hall–Kier alpha value is -1.11. The zero-order valence-electron chi connectivity index (χ0n) is 11.0. The van der Waals surface area contributed by atoms with Crippen molar-refractivity contribution >= 4 is 10.0 Å². The average molecular weight is 272 g/mol. The van der Waals surface area contributed by atoms with E-state index in [1.807, 2.05) is 6.92 Å². The summed E-state index contributed by atoms with van der Waals surface area (Å²) in [5.74, 6) is 0.393. The number of nitrogens with zero attached hydrogens (tertiary/aromatic N) is 1. The number of sulfonamides is 1. The zero-order chi connectivity index (χ0) is 13.6. The molecule has 0 aromatic heterocycles. The van der Waals surface area contributed by atoms with Crippen molar-refractivity contribution in [2.75, 3.05) is 33.8 Å². The summed E-state index contributed by atoms with van der Waals surface area (Å²) in [4.78, 5) is 0.200. The Morgan fingerprint density at radius 1 is 1.28 bits per heavy atom. The van der Waals surface area contributed by atoms with Crippen LogP contribution in [0.4, 0.5) is 0 Å². The number of ether oxygens (including phenoxy) is 1. The van der Waals surface area contributed by atoms with Gasteiger partial charge in [0.1, 0.15) is 17.3 Å². The van der Waals surface area contributed by atoms with Crippen molar-refractivity contribution in [3.05, 3.63) is 24.3 Å². The van der Waals surface area contributed by atoms with Gasteiger partial charge in [-0.05, 0) is 18.7 Å². The minimum absolute atomic E-state index is 0.200. The lowest BCUT2D eigenvalue weighted by molar-refractivity contribution is 0.307. The van der Waals surface area contributed by atoms with Crippen molar-refractivity contribution in [3.63, 3.8) is 0 Å². The summed E-state index contributed by atoms with van der Waals surface area (Å²) in [5, 5.41) is 3.11.